The standard InChI is InChI=1S/C15H19NO2S2/c1-16(2)20(17,18)11-3-4-13-5-7-14(8-6-13)15-9-10-19-12-15/h5-10,12H,3-4,11H2,1-2H3. The predicted octanol–water partition coefficient (Wildman–Crippen LogP) is 3.24. The minimum Gasteiger partial charge on any atom is -0.212 e. The molecule has 0 saturated carbocycles. The number of aryl methyl sites for hydroxylation is 1. The average molecular weight is 309 g/mol. The minimum atomic E-state index is -3.08. The molecule has 0 amide bonds. The molecule has 0 unspecified atom stereocenters. The highest BCUT2D eigenvalue weighted by Crippen LogP contribution is 2.22. The van der Waals surface area contributed by atoms with Gasteiger partial charge in [-0.3, -0.25) is 0 Å². The summed E-state index contributed by atoms with van der Waals surface area (Å²) in [6.45, 7) is 0. The summed E-state index contributed by atoms with van der Waals surface area (Å²) in [5.41, 5.74) is 3.62. The highest BCUT2D eigenvalue weighted by atomic mass is 32.2. The summed E-state index contributed by atoms with van der Waals surface area (Å²) in [5.74, 6) is 0.201. The van der Waals surface area contributed by atoms with E-state index in [0.717, 1.165) is 6.42 Å². The Balaban J connectivity index is 1.92. The van der Waals surface area contributed by atoms with Gasteiger partial charge in [0.2, 0.25) is 10.0 Å². The number of hydrogen-bond acceptors (Lipinski definition) is 3. The molecule has 5 heteroatoms. The van der Waals surface area contributed by atoms with Crippen molar-refractivity contribution in [3.8, 4) is 11.1 Å². The van der Waals surface area contributed by atoms with E-state index < -0.39 is 10.0 Å². The maximum Gasteiger partial charge on any atom is 0.213 e. The first-order chi connectivity index (χ1) is 9.49. The first kappa shape index (κ1) is 15.2. The molecular weight excluding hydrogens is 290 g/mol. The maximum absolute atomic E-state index is 11.7. The molecule has 0 N–H and O–H groups in total. The van der Waals surface area contributed by atoms with Gasteiger partial charge in [-0.2, -0.15) is 11.3 Å². The van der Waals surface area contributed by atoms with Crippen LogP contribution in [0.15, 0.2) is 41.1 Å². The molecule has 0 spiro atoms. The lowest BCUT2D eigenvalue weighted by molar-refractivity contribution is 0.518. The van der Waals surface area contributed by atoms with Crippen molar-refractivity contribution in [3.05, 3.63) is 46.7 Å². The molecule has 0 aliphatic carbocycles. The maximum atomic E-state index is 11.7. The van der Waals surface area contributed by atoms with Crippen molar-refractivity contribution in [2.24, 2.45) is 0 Å². The summed E-state index contributed by atoms with van der Waals surface area (Å²) >= 11 is 1.69. The number of benzene rings is 1. The molecular formula is C15H19NO2S2. The van der Waals surface area contributed by atoms with Crippen LogP contribution in [0.25, 0.3) is 11.1 Å². The van der Waals surface area contributed by atoms with Crippen LogP contribution in [0.5, 0.6) is 0 Å². The summed E-state index contributed by atoms with van der Waals surface area (Å²) in [6.07, 6.45) is 1.44. The molecule has 20 heavy (non-hydrogen) atoms. The van der Waals surface area contributed by atoms with E-state index in [1.165, 1.54) is 21.0 Å². The fourth-order valence-corrected chi connectivity index (χ4v) is 3.47. The molecule has 0 atom stereocenters. The zero-order chi connectivity index (χ0) is 14.6. The normalized spacial score (nSPS) is 11.9. The third kappa shape index (κ3) is 3.91. The van der Waals surface area contributed by atoms with E-state index in [0.29, 0.717) is 6.42 Å². The van der Waals surface area contributed by atoms with Crippen LogP contribution in [-0.4, -0.2) is 32.6 Å². The van der Waals surface area contributed by atoms with Crippen molar-refractivity contribution in [1.82, 2.24) is 4.31 Å². The van der Waals surface area contributed by atoms with Crippen molar-refractivity contribution in [2.45, 2.75) is 12.8 Å². The Labute approximate surface area is 124 Å². The fourth-order valence-electron chi connectivity index (χ4n) is 1.93. The Kier molecular flexibility index (Phi) is 4.96. The Bertz CT molecular complexity index is 629. The second-order valence-corrected chi connectivity index (χ2v) is 7.99. The van der Waals surface area contributed by atoms with Gasteiger partial charge < -0.3 is 0 Å². The van der Waals surface area contributed by atoms with Crippen molar-refractivity contribution < 1.29 is 8.42 Å². The molecule has 1 heterocycles. The topological polar surface area (TPSA) is 37.4 Å². The van der Waals surface area contributed by atoms with Crippen LogP contribution in [0.1, 0.15) is 12.0 Å². The molecule has 0 radical (unpaired) electrons. The first-order valence-electron chi connectivity index (χ1n) is 6.51. The Morgan fingerprint density at radius 1 is 1.05 bits per heavy atom. The molecule has 1 aromatic carbocycles. The van der Waals surface area contributed by atoms with E-state index in [2.05, 4.69) is 41.1 Å². The number of sulfonamides is 1. The summed E-state index contributed by atoms with van der Waals surface area (Å²) in [7, 11) is 0.0715. The van der Waals surface area contributed by atoms with Crippen molar-refractivity contribution >= 4 is 21.4 Å². The summed E-state index contributed by atoms with van der Waals surface area (Å²) in [6, 6.07) is 10.4. The largest absolute Gasteiger partial charge is 0.213 e. The zero-order valence-corrected chi connectivity index (χ0v) is 13.4. The first-order valence-corrected chi connectivity index (χ1v) is 9.06. The molecule has 108 valence electrons. The van der Waals surface area contributed by atoms with E-state index in [1.54, 1.807) is 25.4 Å². The van der Waals surface area contributed by atoms with Gasteiger partial charge in [-0.15, -0.1) is 0 Å². The van der Waals surface area contributed by atoms with E-state index in [-0.39, 0.29) is 5.75 Å². The SMILES string of the molecule is CN(C)S(=O)(=O)CCCc1ccc(-c2ccsc2)cc1. The van der Waals surface area contributed by atoms with Crippen LogP contribution >= 0.6 is 11.3 Å². The number of hydrogen-bond donors (Lipinski definition) is 0. The van der Waals surface area contributed by atoms with Crippen LogP contribution in [0.4, 0.5) is 0 Å². The molecule has 0 bridgehead atoms. The molecule has 1 aromatic heterocycles. The van der Waals surface area contributed by atoms with Gasteiger partial charge in [-0.25, -0.2) is 12.7 Å². The Morgan fingerprint density at radius 3 is 2.30 bits per heavy atom. The second-order valence-electron chi connectivity index (χ2n) is 4.91. The van der Waals surface area contributed by atoms with E-state index in [4.69, 9.17) is 0 Å². The van der Waals surface area contributed by atoms with Gasteiger partial charge in [-0.1, -0.05) is 24.3 Å². The zero-order valence-electron chi connectivity index (χ0n) is 11.7. The van der Waals surface area contributed by atoms with Crippen LogP contribution in [0.2, 0.25) is 0 Å². The van der Waals surface area contributed by atoms with E-state index in [9.17, 15) is 8.42 Å². The summed E-state index contributed by atoms with van der Waals surface area (Å²) in [4.78, 5) is 0. The molecule has 2 rings (SSSR count). The van der Waals surface area contributed by atoms with Crippen LogP contribution in [0.3, 0.4) is 0 Å². The second kappa shape index (κ2) is 6.52. The molecule has 0 saturated heterocycles. The van der Waals surface area contributed by atoms with Gasteiger partial charge in [0, 0.05) is 14.1 Å². The third-order valence-corrected chi connectivity index (χ3v) is 5.83. The summed E-state index contributed by atoms with van der Waals surface area (Å²) in [5, 5.41) is 4.19. The van der Waals surface area contributed by atoms with Gasteiger partial charge in [0.1, 0.15) is 0 Å². The van der Waals surface area contributed by atoms with Crippen molar-refractivity contribution in [2.75, 3.05) is 19.8 Å². The van der Waals surface area contributed by atoms with Crippen LogP contribution < -0.4 is 0 Å². The monoisotopic (exact) mass is 309 g/mol. The highest BCUT2D eigenvalue weighted by Gasteiger charge is 2.12. The van der Waals surface area contributed by atoms with Crippen LogP contribution in [0, 0.1) is 0 Å². The molecule has 0 aliphatic rings. The van der Waals surface area contributed by atoms with Gasteiger partial charge >= 0.3 is 0 Å². The Morgan fingerprint density at radius 2 is 1.75 bits per heavy atom. The quantitative estimate of drug-likeness (QED) is 0.821. The smallest absolute Gasteiger partial charge is 0.212 e. The van der Waals surface area contributed by atoms with E-state index in [1.807, 2.05) is 0 Å². The Hall–Kier alpha value is -1.17. The molecule has 0 aliphatic heterocycles. The molecule has 3 nitrogen and oxygen atoms in total. The predicted molar refractivity (Wildman–Crippen MR) is 85.5 cm³/mol. The van der Waals surface area contributed by atoms with E-state index >= 15 is 0 Å². The lowest BCUT2D eigenvalue weighted by Crippen LogP contribution is -2.25. The minimum absolute atomic E-state index is 0.201. The lowest BCUT2D eigenvalue weighted by Gasteiger charge is -2.10. The van der Waals surface area contributed by atoms with Crippen molar-refractivity contribution in [1.29, 1.82) is 0 Å². The lowest BCUT2D eigenvalue weighted by atomic mass is 10.0. The number of nitrogens with zero attached hydrogens (tertiary/aromatic N) is 1. The number of thiophene rings is 1. The van der Waals surface area contributed by atoms with Gasteiger partial charge in [0.25, 0.3) is 0 Å². The highest BCUT2D eigenvalue weighted by molar-refractivity contribution is 7.89. The fraction of sp³-hybridized carbons (Fsp3) is 0.333. The van der Waals surface area contributed by atoms with Crippen LogP contribution in [-0.2, 0) is 16.4 Å². The average Bonchev–Trinajstić information content (AvgIpc) is 2.93. The number of rotatable bonds is 6. The third-order valence-electron chi connectivity index (χ3n) is 3.23. The van der Waals surface area contributed by atoms with Gasteiger partial charge in [0.15, 0.2) is 0 Å². The molecule has 0 fully saturated rings. The van der Waals surface area contributed by atoms with Gasteiger partial charge in [-0.05, 0) is 46.4 Å². The summed E-state index contributed by atoms with van der Waals surface area (Å²) < 4.78 is 24.6. The molecule has 2 aromatic rings. The van der Waals surface area contributed by atoms with Crippen molar-refractivity contribution in [3.63, 3.8) is 0 Å². The van der Waals surface area contributed by atoms with Gasteiger partial charge in [0.05, 0.1) is 5.75 Å².